The molecule has 0 atom stereocenters. The van der Waals surface area contributed by atoms with Crippen molar-refractivity contribution in [2.45, 2.75) is 0 Å². The highest BCUT2D eigenvalue weighted by atomic mass is 16.1. The van der Waals surface area contributed by atoms with Crippen LogP contribution in [0.15, 0.2) is 64.2 Å². The second-order valence-electron chi connectivity index (χ2n) is 6.78. The van der Waals surface area contributed by atoms with E-state index in [-0.39, 0.29) is 5.78 Å². The summed E-state index contributed by atoms with van der Waals surface area (Å²) in [6, 6.07) is 15.5. The molecule has 2 aromatic carbocycles. The Kier molecular flexibility index (Phi) is 3.72. The number of guanidine groups is 1. The Hall–Kier alpha value is -3.21. The molecule has 1 heterocycles. The Morgan fingerprint density at radius 2 is 1.35 bits per heavy atom. The topological polar surface area (TPSA) is 48.3 Å². The molecule has 26 heavy (non-hydrogen) atoms. The molecule has 5 nitrogen and oxygen atoms in total. The minimum atomic E-state index is -0.00685. The van der Waals surface area contributed by atoms with Gasteiger partial charge in [-0.2, -0.15) is 0 Å². The number of fused-ring (bicyclic) bond motifs is 3. The van der Waals surface area contributed by atoms with Crippen LogP contribution in [0.4, 0.5) is 5.69 Å². The fourth-order valence-electron chi connectivity index (χ4n) is 3.35. The molecule has 0 saturated carbocycles. The van der Waals surface area contributed by atoms with E-state index in [1.807, 2.05) is 86.5 Å². The number of carbonyl (C=O) groups excluding carboxylic acids is 1. The van der Waals surface area contributed by atoms with E-state index < -0.39 is 0 Å². The molecule has 0 radical (unpaired) electrons. The molecule has 1 aliphatic carbocycles. The molecule has 0 unspecified atom stereocenters. The van der Waals surface area contributed by atoms with E-state index >= 15 is 0 Å². The highest BCUT2D eigenvalue weighted by Crippen LogP contribution is 2.38. The number of rotatable bonds is 2. The maximum atomic E-state index is 13.4. The second kappa shape index (κ2) is 5.95. The number of nitrogens with zero attached hydrogens (tertiary/aromatic N) is 4. The summed E-state index contributed by atoms with van der Waals surface area (Å²) >= 11 is 0. The molecule has 0 fully saturated rings. The molecule has 1 aliphatic heterocycles. The van der Waals surface area contributed by atoms with Gasteiger partial charge < -0.3 is 9.80 Å². The minimum Gasteiger partial charge on any atom is -0.377 e. The third-order valence-corrected chi connectivity index (χ3v) is 4.59. The van der Waals surface area contributed by atoms with Crippen molar-refractivity contribution in [3.63, 3.8) is 0 Å². The number of Topliss-reactive ketones (excluding diaryl/α,β-unsaturated/α-hetero) is 1. The number of aliphatic imine (C=N–C) groups is 2. The van der Waals surface area contributed by atoms with Gasteiger partial charge in [-0.1, -0.05) is 42.5 Å². The molecule has 0 saturated heterocycles. The van der Waals surface area contributed by atoms with Crippen molar-refractivity contribution in [2.75, 3.05) is 33.1 Å². The van der Waals surface area contributed by atoms with Crippen molar-refractivity contribution < 1.29 is 4.79 Å². The van der Waals surface area contributed by atoms with Crippen LogP contribution in [-0.2, 0) is 0 Å². The molecular formula is C21H20N4O. The van der Waals surface area contributed by atoms with Gasteiger partial charge in [-0.25, -0.2) is 9.98 Å². The number of hydrogen-bond acceptors (Lipinski definition) is 5. The van der Waals surface area contributed by atoms with Crippen LogP contribution in [-0.4, -0.2) is 50.5 Å². The van der Waals surface area contributed by atoms with Crippen LogP contribution in [0, 0.1) is 0 Å². The van der Waals surface area contributed by atoms with E-state index in [1.165, 1.54) is 0 Å². The van der Waals surface area contributed by atoms with E-state index in [0.29, 0.717) is 22.8 Å². The molecule has 4 rings (SSSR count). The summed E-state index contributed by atoms with van der Waals surface area (Å²) in [5, 5.41) is 0. The van der Waals surface area contributed by atoms with Gasteiger partial charge in [0.1, 0.15) is 11.4 Å². The predicted octanol–water partition coefficient (Wildman–Crippen LogP) is 3.08. The smallest absolute Gasteiger partial charge is 0.226 e. The van der Waals surface area contributed by atoms with Gasteiger partial charge in [0.25, 0.3) is 0 Å². The van der Waals surface area contributed by atoms with E-state index in [4.69, 9.17) is 9.98 Å². The average molecular weight is 344 g/mol. The fraction of sp³-hybridized carbons (Fsp3) is 0.190. The molecule has 5 heteroatoms. The van der Waals surface area contributed by atoms with Gasteiger partial charge in [0.2, 0.25) is 5.96 Å². The van der Waals surface area contributed by atoms with E-state index in [2.05, 4.69) is 0 Å². The average Bonchev–Trinajstić information content (AvgIpc) is 3.08. The van der Waals surface area contributed by atoms with Crippen molar-refractivity contribution in [3.05, 3.63) is 70.9 Å². The number of hydrogen-bond donors (Lipinski definition) is 0. The van der Waals surface area contributed by atoms with Crippen LogP contribution in [0.1, 0.15) is 21.5 Å². The maximum absolute atomic E-state index is 13.4. The lowest BCUT2D eigenvalue weighted by Crippen LogP contribution is -2.21. The molecule has 130 valence electrons. The van der Waals surface area contributed by atoms with Crippen molar-refractivity contribution >= 4 is 28.7 Å². The summed E-state index contributed by atoms with van der Waals surface area (Å²) in [5.74, 6) is 0.604. The largest absolute Gasteiger partial charge is 0.377 e. The first-order chi connectivity index (χ1) is 12.5. The van der Waals surface area contributed by atoms with Crippen molar-refractivity contribution in [3.8, 4) is 0 Å². The summed E-state index contributed by atoms with van der Waals surface area (Å²) in [5.41, 5.74) is 5.43. The van der Waals surface area contributed by atoms with Crippen LogP contribution in [0.25, 0.3) is 5.57 Å². The predicted molar refractivity (Wildman–Crippen MR) is 106 cm³/mol. The normalized spacial score (nSPS) is 15.3. The van der Waals surface area contributed by atoms with Crippen molar-refractivity contribution in [1.29, 1.82) is 0 Å². The first kappa shape index (κ1) is 16.3. The molecule has 0 bridgehead atoms. The van der Waals surface area contributed by atoms with Gasteiger partial charge in [0.05, 0.1) is 5.57 Å². The number of benzene rings is 2. The van der Waals surface area contributed by atoms with Crippen LogP contribution >= 0.6 is 0 Å². The SMILES string of the molecule is CN(C)C1=NC2=C(c3ccccc3N(C)C)C(=O)c3ccccc3C2=N1. The zero-order valence-electron chi connectivity index (χ0n) is 15.3. The number of para-hydroxylation sites is 1. The lowest BCUT2D eigenvalue weighted by Gasteiger charge is -2.23. The van der Waals surface area contributed by atoms with E-state index in [9.17, 15) is 4.79 Å². The molecule has 0 spiro atoms. The lowest BCUT2D eigenvalue weighted by molar-refractivity contribution is 0.105. The van der Waals surface area contributed by atoms with Gasteiger partial charge in [-0.15, -0.1) is 0 Å². The third kappa shape index (κ3) is 2.36. The Labute approximate surface area is 153 Å². The Morgan fingerprint density at radius 3 is 2.00 bits per heavy atom. The van der Waals surface area contributed by atoms with Gasteiger partial charge in [-0.3, -0.25) is 4.79 Å². The van der Waals surface area contributed by atoms with Gasteiger partial charge in [0, 0.05) is 50.6 Å². The molecular weight excluding hydrogens is 324 g/mol. The summed E-state index contributed by atoms with van der Waals surface area (Å²) in [6.45, 7) is 0. The number of anilines is 1. The Morgan fingerprint density at radius 1 is 0.731 bits per heavy atom. The summed E-state index contributed by atoms with van der Waals surface area (Å²) in [4.78, 5) is 26.7. The van der Waals surface area contributed by atoms with E-state index in [1.54, 1.807) is 0 Å². The minimum absolute atomic E-state index is 0.00685. The Balaban J connectivity index is 2.04. The van der Waals surface area contributed by atoms with Crippen LogP contribution in [0.2, 0.25) is 0 Å². The van der Waals surface area contributed by atoms with E-state index in [0.717, 1.165) is 22.5 Å². The number of carbonyl (C=O) groups is 1. The lowest BCUT2D eigenvalue weighted by atomic mass is 9.83. The van der Waals surface area contributed by atoms with Crippen LogP contribution in [0.3, 0.4) is 0 Å². The monoisotopic (exact) mass is 344 g/mol. The van der Waals surface area contributed by atoms with Gasteiger partial charge in [-0.05, 0) is 6.07 Å². The zero-order valence-corrected chi connectivity index (χ0v) is 15.3. The maximum Gasteiger partial charge on any atom is 0.226 e. The summed E-state index contributed by atoms with van der Waals surface area (Å²) < 4.78 is 0. The second-order valence-corrected chi connectivity index (χ2v) is 6.78. The van der Waals surface area contributed by atoms with Crippen LogP contribution < -0.4 is 4.90 Å². The summed E-state index contributed by atoms with van der Waals surface area (Å²) in [6.07, 6.45) is 0. The standard InChI is InChI=1S/C21H20N4O/c1-24(2)16-12-8-7-11-15(16)17-19-18(22-21(23-19)25(3)4)13-9-5-6-10-14(13)20(17)26/h5-12H,1-4H3. The zero-order chi connectivity index (χ0) is 18.4. The highest BCUT2D eigenvalue weighted by molar-refractivity contribution is 6.43. The first-order valence-corrected chi connectivity index (χ1v) is 8.49. The van der Waals surface area contributed by atoms with Crippen molar-refractivity contribution in [2.24, 2.45) is 9.98 Å². The molecule has 0 N–H and O–H groups in total. The molecule has 2 aromatic rings. The number of allylic oxidation sites excluding steroid dienone is 2. The fourth-order valence-corrected chi connectivity index (χ4v) is 3.35. The molecule has 0 amide bonds. The molecule has 2 aliphatic rings. The van der Waals surface area contributed by atoms with Crippen molar-refractivity contribution in [1.82, 2.24) is 4.90 Å². The quantitative estimate of drug-likeness (QED) is 0.841. The highest BCUT2D eigenvalue weighted by Gasteiger charge is 2.35. The summed E-state index contributed by atoms with van der Waals surface area (Å²) in [7, 11) is 7.76. The number of ketones is 1. The van der Waals surface area contributed by atoms with Gasteiger partial charge >= 0.3 is 0 Å². The molecule has 0 aromatic heterocycles. The first-order valence-electron chi connectivity index (χ1n) is 8.49. The Bertz CT molecular complexity index is 1010. The third-order valence-electron chi connectivity index (χ3n) is 4.59. The van der Waals surface area contributed by atoms with Crippen LogP contribution in [0.5, 0.6) is 0 Å². The van der Waals surface area contributed by atoms with Gasteiger partial charge in [0.15, 0.2) is 5.78 Å².